The van der Waals surface area contributed by atoms with Gasteiger partial charge in [0, 0.05) is 13.1 Å². The number of nitrogens with one attached hydrogen (secondary N) is 1. The molecule has 0 spiro atoms. The zero-order valence-corrected chi connectivity index (χ0v) is 14.0. The molecule has 2 aromatic rings. The lowest BCUT2D eigenvalue weighted by Gasteiger charge is -2.24. The topological polar surface area (TPSA) is 50.2 Å². The average Bonchev–Trinajstić information content (AvgIpc) is 3.08. The molecule has 1 aliphatic rings. The van der Waals surface area contributed by atoms with E-state index in [0.717, 1.165) is 36.5 Å². The van der Waals surface area contributed by atoms with Crippen LogP contribution in [0, 0.1) is 13.8 Å². The fourth-order valence-electron chi connectivity index (χ4n) is 3.39. The van der Waals surface area contributed by atoms with Gasteiger partial charge < -0.3 is 5.32 Å². The van der Waals surface area contributed by atoms with Crippen molar-refractivity contribution in [2.45, 2.75) is 32.7 Å². The van der Waals surface area contributed by atoms with E-state index in [4.69, 9.17) is 0 Å². The Labute approximate surface area is 137 Å². The minimum Gasteiger partial charge on any atom is -0.322 e. The summed E-state index contributed by atoms with van der Waals surface area (Å²) < 4.78 is 1.80. The fraction of sp³-hybridized carbons (Fsp3) is 0.444. The molecule has 1 aromatic carbocycles. The average molecular weight is 312 g/mol. The van der Waals surface area contributed by atoms with Crippen molar-refractivity contribution < 1.29 is 4.79 Å². The molecule has 3 rings (SSSR count). The van der Waals surface area contributed by atoms with E-state index in [1.807, 2.05) is 27.0 Å². The Bertz CT molecular complexity index is 693. The molecule has 5 nitrogen and oxygen atoms in total. The van der Waals surface area contributed by atoms with Gasteiger partial charge in [-0.15, -0.1) is 0 Å². The molecular weight excluding hydrogens is 288 g/mol. The molecule has 1 aliphatic heterocycles. The summed E-state index contributed by atoms with van der Waals surface area (Å²) in [6.45, 7) is 5.29. The van der Waals surface area contributed by atoms with E-state index in [1.165, 1.54) is 5.56 Å². The predicted octanol–water partition coefficient (Wildman–Crippen LogP) is 2.81. The maximum atomic E-state index is 12.5. The summed E-state index contributed by atoms with van der Waals surface area (Å²) >= 11 is 0. The lowest BCUT2D eigenvalue weighted by atomic mass is 10.0. The van der Waals surface area contributed by atoms with E-state index in [-0.39, 0.29) is 5.91 Å². The Hall–Kier alpha value is -2.14. The zero-order chi connectivity index (χ0) is 16.4. The van der Waals surface area contributed by atoms with Crippen LogP contribution >= 0.6 is 0 Å². The lowest BCUT2D eigenvalue weighted by Crippen LogP contribution is -2.33. The molecule has 2 heterocycles. The number of carbonyl (C=O) groups excluding carboxylic acids is 1. The second kappa shape index (κ2) is 6.54. The first-order valence-electron chi connectivity index (χ1n) is 8.15. The van der Waals surface area contributed by atoms with Gasteiger partial charge in [0.15, 0.2) is 0 Å². The van der Waals surface area contributed by atoms with Crippen molar-refractivity contribution in [2.24, 2.45) is 7.05 Å². The minimum absolute atomic E-state index is 0.0343. The first kappa shape index (κ1) is 15.7. The van der Waals surface area contributed by atoms with Gasteiger partial charge in [0.05, 0.1) is 23.6 Å². The second-order valence-electron chi connectivity index (χ2n) is 6.26. The van der Waals surface area contributed by atoms with Crippen LogP contribution in [-0.2, 0) is 11.8 Å². The Kier molecular flexibility index (Phi) is 4.48. The molecule has 0 saturated carbocycles. The number of carbonyl (C=O) groups is 1. The van der Waals surface area contributed by atoms with Crippen LogP contribution < -0.4 is 5.32 Å². The van der Waals surface area contributed by atoms with E-state index >= 15 is 0 Å². The van der Waals surface area contributed by atoms with Crippen LogP contribution in [0.4, 0.5) is 5.69 Å². The van der Waals surface area contributed by atoms with Gasteiger partial charge in [0.25, 0.3) is 0 Å². The minimum atomic E-state index is 0.0343. The van der Waals surface area contributed by atoms with Crippen LogP contribution in [0.3, 0.4) is 0 Å². The third kappa shape index (κ3) is 3.29. The monoisotopic (exact) mass is 312 g/mol. The third-order valence-electron chi connectivity index (χ3n) is 4.67. The van der Waals surface area contributed by atoms with Crippen LogP contribution in [0.25, 0.3) is 0 Å². The number of hydrogen-bond donors (Lipinski definition) is 1. The van der Waals surface area contributed by atoms with Crippen LogP contribution in [0.15, 0.2) is 30.3 Å². The normalized spacial score (nSPS) is 18.3. The van der Waals surface area contributed by atoms with Crippen molar-refractivity contribution in [2.75, 3.05) is 18.4 Å². The number of anilines is 1. The van der Waals surface area contributed by atoms with Crippen molar-refractivity contribution in [3.8, 4) is 0 Å². The quantitative estimate of drug-likeness (QED) is 0.944. The Morgan fingerprint density at radius 2 is 2.04 bits per heavy atom. The van der Waals surface area contributed by atoms with Crippen molar-refractivity contribution >= 4 is 11.6 Å². The van der Waals surface area contributed by atoms with E-state index in [0.29, 0.717) is 12.6 Å². The largest absolute Gasteiger partial charge is 0.322 e. The standard InChI is InChI=1S/C18H24N4O/c1-13-18(14(2)21(3)20-13)19-17(23)12-22-11-7-10-16(22)15-8-5-4-6-9-15/h4-6,8-9,16H,7,10-12H2,1-3H3,(H,19,23)/t16-/m1/s1. The molecule has 0 radical (unpaired) electrons. The molecule has 1 aromatic heterocycles. The van der Waals surface area contributed by atoms with Gasteiger partial charge in [-0.1, -0.05) is 30.3 Å². The van der Waals surface area contributed by atoms with Gasteiger partial charge in [-0.3, -0.25) is 14.4 Å². The summed E-state index contributed by atoms with van der Waals surface area (Å²) in [5.41, 5.74) is 3.98. The van der Waals surface area contributed by atoms with E-state index in [1.54, 1.807) is 4.68 Å². The number of nitrogens with zero attached hydrogens (tertiary/aromatic N) is 3. The van der Waals surface area contributed by atoms with Crippen LogP contribution in [-0.4, -0.2) is 33.7 Å². The Morgan fingerprint density at radius 1 is 1.30 bits per heavy atom. The summed E-state index contributed by atoms with van der Waals surface area (Å²) in [4.78, 5) is 14.7. The number of rotatable bonds is 4. The number of aromatic nitrogens is 2. The highest BCUT2D eigenvalue weighted by Gasteiger charge is 2.27. The molecule has 23 heavy (non-hydrogen) atoms. The maximum absolute atomic E-state index is 12.5. The van der Waals surface area contributed by atoms with Crippen LogP contribution in [0.1, 0.15) is 35.8 Å². The van der Waals surface area contributed by atoms with Crippen LogP contribution in [0.5, 0.6) is 0 Å². The maximum Gasteiger partial charge on any atom is 0.238 e. The van der Waals surface area contributed by atoms with Gasteiger partial charge in [0.2, 0.25) is 5.91 Å². The summed E-state index contributed by atoms with van der Waals surface area (Å²) in [6, 6.07) is 10.8. The lowest BCUT2D eigenvalue weighted by molar-refractivity contribution is -0.117. The summed E-state index contributed by atoms with van der Waals surface area (Å²) in [5, 5.41) is 7.38. The SMILES string of the molecule is Cc1nn(C)c(C)c1NC(=O)CN1CCC[C@@H]1c1ccccc1. The molecule has 0 unspecified atom stereocenters. The highest BCUT2D eigenvalue weighted by molar-refractivity contribution is 5.93. The summed E-state index contributed by atoms with van der Waals surface area (Å²) in [6.07, 6.45) is 2.25. The molecule has 1 N–H and O–H groups in total. The van der Waals surface area contributed by atoms with E-state index in [9.17, 15) is 4.79 Å². The van der Waals surface area contributed by atoms with Gasteiger partial charge >= 0.3 is 0 Å². The third-order valence-corrected chi connectivity index (χ3v) is 4.67. The van der Waals surface area contributed by atoms with Gasteiger partial charge in [-0.05, 0) is 38.8 Å². The highest BCUT2D eigenvalue weighted by Crippen LogP contribution is 2.31. The van der Waals surface area contributed by atoms with E-state index < -0.39 is 0 Å². The molecule has 1 saturated heterocycles. The Balaban J connectivity index is 1.67. The molecule has 122 valence electrons. The van der Waals surface area contributed by atoms with Gasteiger partial charge in [-0.2, -0.15) is 5.10 Å². The predicted molar refractivity (Wildman–Crippen MR) is 91.3 cm³/mol. The molecule has 1 atom stereocenters. The molecular formula is C18H24N4O. The molecule has 0 aliphatic carbocycles. The molecule has 0 bridgehead atoms. The van der Waals surface area contributed by atoms with Crippen LogP contribution in [0.2, 0.25) is 0 Å². The number of likely N-dealkylation sites (tertiary alicyclic amines) is 1. The van der Waals surface area contributed by atoms with Gasteiger partial charge in [0.1, 0.15) is 0 Å². The first-order valence-corrected chi connectivity index (χ1v) is 8.15. The van der Waals surface area contributed by atoms with Crippen molar-refractivity contribution in [3.05, 3.63) is 47.3 Å². The zero-order valence-electron chi connectivity index (χ0n) is 14.0. The molecule has 1 amide bonds. The Morgan fingerprint density at radius 3 is 2.70 bits per heavy atom. The van der Waals surface area contributed by atoms with E-state index in [2.05, 4.69) is 39.6 Å². The number of amides is 1. The first-order chi connectivity index (χ1) is 11.1. The molecule has 1 fully saturated rings. The molecule has 5 heteroatoms. The number of hydrogen-bond acceptors (Lipinski definition) is 3. The van der Waals surface area contributed by atoms with Crippen molar-refractivity contribution in [1.82, 2.24) is 14.7 Å². The van der Waals surface area contributed by atoms with Gasteiger partial charge in [-0.25, -0.2) is 0 Å². The number of benzene rings is 1. The van der Waals surface area contributed by atoms with Crippen molar-refractivity contribution in [1.29, 1.82) is 0 Å². The smallest absolute Gasteiger partial charge is 0.238 e. The number of aryl methyl sites for hydroxylation is 2. The second-order valence-corrected chi connectivity index (χ2v) is 6.26. The summed E-state index contributed by atoms with van der Waals surface area (Å²) in [7, 11) is 1.89. The summed E-state index contributed by atoms with van der Waals surface area (Å²) in [5.74, 6) is 0.0343. The highest BCUT2D eigenvalue weighted by atomic mass is 16.2. The fourth-order valence-corrected chi connectivity index (χ4v) is 3.39. The van der Waals surface area contributed by atoms with Crippen molar-refractivity contribution in [3.63, 3.8) is 0 Å².